The van der Waals surface area contributed by atoms with E-state index < -0.39 is 15.5 Å². The number of nitrogens with zero attached hydrogens (tertiary/aromatic N) is 1. The molecule has 1 aliphatic heterocycles. The first-order valence-corrected chi connectivity index (χ1v) is 11.7. The maximum absolute atomic E-state index is 13.4. The quantitative estimate of drug-likeness (QED) is 0.722. The molecule has 0 bridgehead atoms. The smallest absolute Gasteiger partial charge is 0.277 e. The number of nitrogens with one attached hydrogen (secondary N) is 1. The van der Waals surface area contributed by atoms with Gasteiger partial charge in [0.05, 0.1) is 11.4 Å². The second-order valence-corrected chi connectivity index (χ2v) is 9.51. The van der Waals surface area contributed by atoms with Crippen LogP contribution in [0, 0.1) is 0 Å². The third-order valence-corrected chi connectivity index (χ3v) is 7.49. The first-order valence-electron chi connectivity index (χ1n) is 10.2. The van der Waals surface area contributed by atoms with E-state index in [1.54, 1.807) is 6.07 Å². The summed E-state index contributed by atoms with van der Waals surface area (Å²) >= 11 is 0. The molecule has 1 fully saturated rings. The van der Waals surface area contributed by atoms with Gasteiger partial charge in [0, 0.05) is 12.5 Å². The van der Waals surface area contributed by atoms with Gasteiger partial charge in [-0.1, -0.05) is 49.6 Å². The van der Waals surface area contributed by atoms with Gasteiger partial charge in [0.25, 0.3) is 10.0 Å². The largest absolute Gasteiger partial charge is 0.470 e. The summed E-state index contributed by atoms with van der Waals surface area (Å²) in [5.41, 5.74) is 0.352. The molecule has 2 aromatic carbocycles. The van der Waals surface area contributed by atoms with Crippen molar-refractivity contribution < 1.29 is 13.2 Å². The number of ether oxygens (including phenoxy) is 1. The van der Waals surface area contributed by atoms with Gasteiger partial charge in [-0.25, -0.2) is 12.7 Å². The van der Waals surface area contributed by atoms with Crippen LogP contribution in [0.15, 0.2) is 54.6 Å². The topological polar surface area (TPSA) is 58.6 Å². The average molecular weight is 401 g/mol. The Labute approximate surface area is 167 Å². The molecular weight excluding hydrogens is 372 g/mol. The minimum atomic E-state index is -3.65. The lowest BCUT2D eigenvalue weighted by Crippen LogP contribution is -2.43. The number of benzene rings is 2. The van der Waals surface area contributed by atoms with E-state index in [4.69, 9.17) is 4.74 Å². The highest BCUT2D eigenvalue weighted by molar-refractivity contribution is 7.93. The third kappa shape index (κ3) is 4.03. The fourth-order valence-electron chi connectivity index (χ4n) is 4.12. The van der Waals surface area contributed by atoms with E-state index in [0.717, 1.165) is 13.0 Å². The molecule has 2 aromatic rings. The van der Waals surface area contributed by atoms with Gasteiger partial charge in [-0.15, -0.1) is 0 Å². The molecular formula is C22H28N2O3S. The second-order valence-electron chi connectivity index (χ2n) is 7.59. The Kier molecular flexibility index (Phi) is 5.87. The average Bonchev–Trinajstić information content (AvgIpc) is 2.72. The van der Waals surface area contributed by atoms with E-state index in [1.807, 2.05) is 48.5 Å². The fourth-order valence-corrected chi connectivity index (χ4v) is 5.89. The molecule has 1 atom stereocenters. The lowest BCUT2D eigenvalue weighted by atomic mass is 9.95. The molecule has 1 N–H and O–H groups in total. The Balaban J connectivity index is 1.49. The molecule has 1 aliphatic carbocycles. The van der Waals surface area contributed by atoms with Crippen LogP contribution in [0.25, 0.3) is 0 Å². The Morgan fingerprint density at radius 2 is 1.68 bits per heavy atom. The van der Waals surface area contributed by atoms with E-state index in [1.165, 1.54) is 36.4 Å². The second kappa shape index (κ2) is 8.53. The first-order chi connectivity index (χ1) is 13.7. The number of hydrogen-bond acceptors (Lipinski definition) is 4. The first kappa shape index (κ1) is 19.3. The number of anilines is 2. The Bertz CT molecular complexity index is 880. The molecule has 0 aromatic heterocycles. The molecule has 1 heterocycles. The van der Waals surface area contributed by atoms with Gasteiger partial charge >= 0.3 is 0 Å². The summed E-state index contributed by atoms with van der Waals surface area (Å²) in [5.74, 6) is 0.617. The van der Waals surface area contributed by atoms with Crippen LogP contribution >= 0.6 is 0 Å². The van der Waals surface area contributed by atoms with Crippen molar-refractivity contribution in [3.05, 3.63) is 54.6 Å². The number of hydrogen-bond donors (Lipinski definition) is 1. The SMILES string of the molecule is O=S1(=O)C(CCCNC2CCCCC2)Oc2ccccc2N1c1ccccc1. The number of sulfonamides is 1. The minimum Gasteiger partial charge on any atom is -0.470 e. The van der Waals surface area contributed by atoms with E-state index in [0.29, 0.717) is 29.6 Å². The van der Waals surface area contributed by atoms with Gasteiger partial charge in [-0.3, -0.25) is 0 Å². The fraction of sp³-hybridized carbons (Fsp3) is 0.455. The molecule has 2 aliphatic rings. The molecule has 28 heavy (non-hydrogen) atoms. The van der Waals surface area contributed by atoms with Gasteiger partial charge in [0.2, 0.25) is 5.44 Å². The Hall–Kier alpha value is -2.05. The molecule has 150 valence electrons. The molecule has 5 nitrogen and oxygen atoms in total. The number of para-hydroxylation sites is 3. The van der Waals surface area contributed by atoms with Crippen molar-refractivity contribution in [2.75, 3.05) is 10.8 Å². The van der Waals surface area contributed by atoms with Gasteiger partial charge in [0.15, 0.2) is 0 Å². The highest BCUT2D eigenvalue weighted by Crippen LogP contribution is 2.42. The number of rotatable bonds is 6. The summed E-state index contributed by atoms with van der Waals surface area (Å²) in [5, 5.41) is 3.59. The van der Waals surface area contributed by atoms with E-state index in [9.17, 15) is 8.42 Å². The summed E-state index contributed by atoms with van der Waals surface area (Å²) in [6.07, 6.45) is 7.62. The summed E-state index contributed by atoms with van der Waals surface area (Å²) < 4.78 is 34.1. The van der Waals surface area contributed by atoms with Crippen LogP contribution in [0.4, 0.5) is 11.4 Å². The molecule has 0 saturated heterocycles. The zero-order valence-corrected chi connectivity index (χ0v) is 16.9. The van der Waals surface area contributed by atoms with Crippen molar-refractivity contribution in [3.63, 3.8) is 0 Å². The van der Waals surface area contributed by atoms with E-state index >= 15 is 0 Å². The summed E-state index contributed by atoms with van der Waals surface area (Å²) in [6, 6.07) is 17.2. The zero-order chi connectivity index (χ0) is 19.4. The Morgan fingerprint density at radius 3 is 2.46 bits per heavy atom. The van der Waals surface area contributed by atoms with Crippen molar-refractivity contribution >= 4 is 21.4 Å². The predicted molar refractivity (Wildman–Crippen MR) is 112 cm³/mol. The molecule has 0 spiro atoms. The summed E-state index contributed by atoms with van der Waals surface area (Å²) in [4.78, 5) is 0. The van der Waals surface area contributed by atoms with Crippen LogP contribution in [0.2, 0.25) is 0 Å². The predicted octanol–water partition coefficient (Wildman–Crippen LogP) is 4.58. The van der Waals surface area contributed by atoms with Crippen molar-refractivity contribution in [2.24, 2.45) is 0 Å². The van der Waals surface area contributed by atoms with Gasteiger partial charge in [-0.05, 0) is 50.1 Å². The van der Waals surface area contributed by atoms with Gasteiger partial charge < -0.3 is 10.1 Å². The van der Waals surface area contributed by atoms with E-state index in [2.05, 4.69) is 5.32 Å². The van der Waals surface area contributed by atoms with Crippen LogP contribution in [0.1, 0.15) is 44.9 Å². The lowest BCUT2D eigenvalue weighted by molar-refractivity contribution is 0.252. The lowest BCUT2D eigenvalue weighted by Gasteiger charge is -2.35. The maximum atomic E-state index is 13.4. The standard InChI is InChI=1S/C22H28N2O3S/c25-28(26)22(16-9-17-23-18-10-3-1-4-11-18)27-21-15-8-7-14-20(21)24(28)19-12-5-2-6-13-19/h2,5-8,12-15,18,22-23H,1,3-4,9-11,16-17H2. The van der Waals surface area contributed by atoms with Gasteiger partial charge in [0.1, 0.15) is 5.75 Å². The highest BCUT2D eigenvalue weighted by atomic mass is 32.2. The monoisotopic (exact) mass is 400 g/mol. The van der Waals surface area contributed by atoms with Crippen molar-refractivity contribution in [1.82, 2.24) is 5.32 Å². The maximum Gasteiger partial charge on any atom is 0.277 e. The number of fused-ring (bicyclic) bond motifs is 1. The van der Waals surface area contributed by atoms with Crippen LogP contribution < -0.4 is 14.4 Å². The third-order valence-electron chi connectivity index (χ3n) is 5.57. The van der Waals surface area contributed by atoms with E-state index in [-0.39, 0.29) is 0 Å². The molecule has 6 heteroatoms. The molecule has 1 unspecified atom stereocenters. The van der Waals surface area contributed by atoms with Crippen molar-refractivity contribution in [2.45, 2.75) is 56.4 Å². The van der Waals surface area contributed by atoms with Gasteiger partial charge in [-0.2, -0.15) is 0 Å². The Morgan fingerprint density at radius 1 is 0.964 bits per heavy atom. The van der Waals surface area contributed by atoms with Crippen LogP contribution in [-0.2, 0) is 10.0 Å². The normalized spacial score (nSPS) is 21.7. The van der Waals surface area contributed by atoms with Crippen LogP contribution in [-0.4, -0.2) is 26.4 Å². The molecule has 0 amide bonds. The summed E-state index contributed by atoms with van der Waals surface area (Å²) in [6.45, 7) is 0.826. The van der Waals surface area contributed by atoms with Crippen molar-refractivity contribution in [1.29, 1.82) is 0 Å². The molecule has 0 radical (unpaired) electrons. The van der Waals surface area contributed by atoms with Crippen LogP contribution in [0.3, 0.4) is 0 Å². The molecule has 1 saturated carbocycles. The van der Waals surface area contributed by atoms with Crippen molar-refractivity contribution in [3.8, 4) is 5.75 Å². The van der Waals surface area contributed by atoms with Crippen LogP contribution in [0.5, 0.6) is 5.75 Å². The minimum absolute atomic E-state index is 0.472. The zero-order valence-electron chi connectivity index (χ0n) is 16.1. The highest BCUT2D eigenvalue weighted by Gasteiger charge is 2.40. The summed E-state index contributed by atoms with van der Waals surface area (Å²) in [7, 11) is -3.65. The molecule has 4 rings (SSSR count).